The summed E-state index contributed by atoms with van der Waals surface area (Å²) < 4.78 is 25.0. The molecule has 0 radical (unpaired) electrons. The van der Waals surface area contributed by atoms with Gasteiger partial charge in [0.25, 0.3) is 5.91 Å². The third-order valence-electron chi connectivity index (χ3n) is 5.21. The number of likely N-dealkylation sites (tertiary alicyclic amines) is 1. The zero-order valence-corrected chi connectivity index (χ0v) is 16.6. The molecule has 0 unspecified atom stereocenters. The molecule has 6 nitrogen and oxygen atoms in total. The molecule has 0 bridgehead atoms. The predicted octanol–water partition coefficient (Wildman–Crippen LogP) is 2.39. The lowest BCUT2D eigenvalue weighted by Crippen LogP contribution is -2.48. The highest BCUT2D eigenvalue weighted by atomic mass is 32.2. The Labute approximate surface area is 165 Å². The van der Waals surface area contributed by atoms with Gasteiger partial charge in [0.05, 0.1) is 16.6 Å². The second-order valence-electron chi connectivity index (χ2n) is 7.25. The number of carbonyl (C=O) groups excluding carboxylic acids is 2. The summed E-state index contributed by atoms with van der Waals surface area (Å²) in [6.07, 6.45) is 1.42. The number of sulfone groups is 1. The summed E-state index contributed by atoms with van der Waals surface area (Å²) in [6, 6.07) is 14.9. The molecule has 2 aromatic rings. The van der Waals surface area contributed by atoms with E-state index in [0.717, 1.165) is 6.42 Å². The zero-order valence-electron chi connectivity index (χ0n) is 15.7. The number of rotatable bonds is 5. The lowest BCUT2D eigenvalue weighted by atomic mass is 9.92. The molecule has 0 aromatic heterocycles. The molecule has 2 atom stereocenters. The van der Waals surface area contributed by atoms with Crippen molar-refractivity contribution < 1.29 is 18.0 Å². The Hall–Kier alpha value is -2.67. The van der Waals surface area contributed by atoms with Crippen molar-refractivity contribution in [3.8, 4) is 0 Å². The minimum Gasteiger partial charge on any atom is -0.369 e. The van der Waals surface area contributed by atoms with Gasteiger partial charge in [-0.05, 0) is 49.6 Å². The summed E-state index contributed by atoms with van der Waals surface area (Å²) >= 11 is 0. The number of hydrogen-bond acceptors (Lipinski definition) is 4. The van der Waals surface area contributed by atoms with Gasteiger partial charge in [0, 0.05) is 18.2 Å². The van der Waals surface area contributed by atoms with Crippen LogP contribution < -0.4 is 5.73 Å². The van der Waals surface area contributed by atoms with Crippen molar-refractivity contribution in [1.29, 1.82) is 0 Å². The highest BCUT2D eigenvalue weighted by Crippen LogP contribution is 2.24. The molecule has 1 aliphatic rings. The van der Waals surface area contributed by atoms with Crippen molar-refractivity contribution in [3.05, 3.63) is 65.7 Å². The molecule has 28 heavy (non-hydrogen) atoms. The molecule has 0 aliphatic carbocycles. The van der Waals surface area contributed by atoms with Crippen molar-refractivity contribution >= 4 is 21.7 Å². The molecule has 0 saturated carbocycles. The number of hydrogen-bond donors (Lipinski definition) is 1. The Morgan fingerprint density at radius 3 is 2.29 bits per heavy atom. The molecule has 1 fully saturated rings. The van der Waals surface area contributed by atoms with E-state index in [9.17, 15) is 18.0 Å². The van der Waals surface area contributed by atoms with Crippen LogP contribution in [0.15, 0.2) is 59.5 Å². The quantitative estimate of drug-likeness (QED) is 0.833. The first-order valence-electron chi connectivity index (χ1n) is 9.25. The van der Waals surface area contributed by atoms with Crippen molar-refractivity contribution in [2.75, 3.05) is 6.54 Å². The van der Waals surface area contributed by atoms with E-state index in [2.05, 4.69) is 0 Å². The van der Waals surface area contributed by atoms with Gasteiger partial charge in [0.15, 0.2) is 9.84 Å². The van der Waals surface area contributed by atoms with E-state index in [1.165, 1.54) is 0 Å². The summed E-state index contributed by atoms with van der Waals surface area (Å²) in [7, 11) is -3.44. The molecule has 3 rings (SSSR count). The molecule has 2 N–H and O–H groups in total. The van der Waals surface area contributed by atoms with Gasteiger partial charge in [-0.3, -0.25) is 9.59 Å². The Bertz CT molecular complexity index is 956. The second-order valence-corrected chi connectivity index (χ2v) is 9.24. The molecule has 148 valence electrons. The summed E-state index contributed by atoms with van der Waals surface area (Å²) in [4.78, 5) is 26.3. The van der Waals surface area contributed by atoms with E-state index in [4.69, 9.17) is 5.73 Å². The highest BCUT2D eigenvalue weighted by molar-refractivity contribution is 7.90. The van der Waals surface area contributed by atoms with Gasteiger partial charge in [-0.25, -0.2) is 8.42 Å². The fourth-order valence-electron chi connectivity index (χ4n) is 3.46. The average Bonchev–Trinajstić information content (AvgIpc) is 2.68. The lowest BCUT2D eigenvalue weighted by molar-refractivity contribution is -0.123. The molecule has 2 amide bonds. The van der Waals surface area contributed by atoms with Crippen LogP contribution in [0, 0.1) is 5.92 Å². The standard InChI is InChI=1S/C21H24N2O4S/c1-15-7-10-18(20(22)24)13-23(15)21(25)17-11-8-16(9-12-17)14-28(26,27)19-5-3-2-4-6-19/h2-6,8-9,11-12,15,18H,7,10,13-14H2,1H3,(H2,22,24)/t15-,18+/m1/s1. The summed E-state index contributed by atoms with van der Waals surface area (Å²) in [5.41, 5.74) is 6.49. The molecular weight excluding hydrogens is 376 g/mol. The Morgan fingerprint density at radius 1 is 1.04 bits per heavy atom. The van der Waals surface area contributed by atoms with E-state index in [1.54, 1.807) is 59.5 Å². The summed E-state index contributed by atoms with van der Waals surface area (Å²) in [5.74, 6) is -1.01. The number of nitrogens with two attached hydrogens (primary N) is 1. The third kappa shape index (κ3) is 4.42. The summed E-state index contributed by atoms with van der Waals surface area (Å²) in [6.45, 7) is 2.27. The number of piperidine rings is 1. The molecule has 7 heteroatoms. The number of amides is 2. The number of nitrogens with zero attached hydrogens (tertiary/aromatic N) is 1. The normalized spacial score (nSPS) is 20.0. The lowest BCUT2D eigenvalue weighted by Gasteiger charge is -2.37. The van der Waals surface area contributed by atoms with Crippen molar-refractivity contribution in [2.24, 2.45) is 11.7 Å². The average molecular weight is 401 g/mol. The minimum absolute atomic E-state index is 0.0289. The maximum Gasteiger partial charge on any atom is 0.254 e. The van der Waals surface area contributed by atoms with Crippen LogP contribution in [-0.2, 0) is 20.4 Å². The molecule has 1 saturated heterocycles. The molecule has 0 spiro atoms. The van der Waals surface area contributed by atoms with Crippen LogP contribution in [0.4, 0.5) is 0 Å². The molecular formula is C21H24N2O4S. The largest absolute Gasteiger partial charge is 0.369 e. The van der Waals surface area contributed by atoms with Gasteiger partial charge in [-0.2, -0.15) is 0 Å². The van der Waals surface area contributed by atoms with Crippen molar-refractivity contribution in [1.82, 2.24) is 4.90 Å². The first-order chi connectivity index (χ1) is 13.3. The zero-order chi connectivity index (χ0) is 20.3. The predicted molar refractivity (Wildman–Crippen MR) is 106 cm³/mol. The second kappa shape index (κ2) is 8.14. The number of primary amides is 1. The van der Waals surface area contributed by atoms with Crippen molar-refractivity contribution in [3.63, 3.8) is 0 Å². The fraction of sp³-hybridized carbons (Fsp3) is 0.333. The first-order valence-corrected chi connectivity index (χ1v) is 10.9. The van der Waals surface area contributed by atoms with E-state index in [1.807, 2.05) is 6.92 Å². The van der Waals surface area contributed by atoms with Crippen LogP contribution in [-0.4, -0.2) is 37.7 Å². The van der Waals surface area contributed by atoms with E-state index in [0.29, 0.717) is 24.1 Å². The van der Waals surface area contributed by atoms with Gasteiger partial charge in [-0.1, -0.05) is 30.3 Å². The van der Waals surface area contributed by atoms with Crippen LogP contribution in [0.3, 0.4) is 0 Å². The van der Waals surface area contributed by atoms with Crippen LogP contribution in [0.25, 0.3) is 0 Å². The van der Waals surface area contributed by atoms with Gasteiger partial charge in [0.2, 0.25) is 5.91 Å². The van der Waals surface area contributed by atoms with Crippen LogP contribution in [0.2, 0.25) is 0 Å². The Kier molecular flexibility index (Phi) is 5.84. The maximum atomic E-state index is 12.9. The van der Waals surface area contributed by atoms with Gasteiger partial charge < -0.3 is 10.6 Å². The molecule has 2 aromatic carbocycles. The maximum absolute atomic E-state index is 12.9. The van der Waals surface area contributed by atoms with E-state index >= 15 is 0 Å². The Balaban J connectivity index is 1.73. The van der Waals surface area contributed by atoms with Crippen molar-refractivity contribution in [2.45, 2.75) is 36.5 Å². The van der Waals surface area contributed by atoms with Gasteiger partial charge in [0.1, 0.15) is 0 Å². The van der Waals surface area contributed by atoms with Crippen LogP contribution in [0.1, 0.15) is 35.7 Å². The Morgan fingerprint density at radius 2 is 1.68 bits per heavy atom. The highest BCUT2D eigenvalue weighted by Gasteiger charge is 2.32. The van der Waals surface area contributed by atoms with Gasteiger partial charge in [-0.15, -0.1) is 0 Å². The van der Waals surface area contributed by atoms with E-state index in [-0.39, 0.29) is 34.4 Å². The summed E-state index contributed by atoms with van der Waals surface area (Å²) in [5, 5.41) is 0. The monoisotopic (exact) mass is 400 g/mol. The van der Waals surface area contributed by atoms with Gasteiger partial charge >= 0.3 is 0 Å². The van der Waals surface area contributed by atoms with Crippen LogP contribution in [0.5, 0.6) is 0 Å². The fourth-order valence-corrected chi connectivity index (χ4v) is 4.83. The SMILES string of the molecule is C[C@@H]1CC[C@H](C(N)=O)CN1C(=O)c1ccc(CS(=O)(=O)c2ccccc2)cc1. The third-order valence-corrected chi connectivity index (χ3v) is 6.91. The minimum atomic E-state index is -3.44. The van der Waals surface area contributed by atoms with Crippen LogP contribution >= 0.6 is 0 Å². The molecule has 1 aliphatic heterocycles. The molecule has 1 heterocycles. The van der Waals surface area contributed by atoms with E-state index < -0.39 is 9.84 Å². The smallest absolute Gasteiger partial charge is 0.254 e. The number of benzene rings is 2. The number of carbonyl (C=O) groups is 2. The first kappa shape index (κ1) is 20.1. The topological polar surface area (TPSA) is 97.5 Å².